The van der Waals surface area contributed by atoms with Crippen LogP contribution < -0.4 is 15.4 Å². The van der Waals surface area contributed by atoms with Gasteiger partial charge < -0.3 is 15.4 Å². The molecule has 3 aromatic rings. The summed E-state index contributed by atoms with van der Waals surface area (Å²) in [4.78, 5) is 24.2. The summed E-state index contributed by atoms with van der Waals surface area (Å²) in [6.07, 6.45) is 8.88. The minimum absolute atomic E-state index is 0.00131. The van der Waals surface area contributed by atoms with Gasteiger partial charge in [0.05, 0.1) is 36.1 Å². The monoisotopic (exact) mass is 505 g/mol. The van der Waals surface area contributed by atoms with Crippen molar-refractivity contribution >= 4 is 22.4 Å². The third-order valence-electron chi connectivity index (χ3n) is 6.96. The van der Waals surface area contributed by atoms with Crippen molar-refractivity contribution < 1.29 is 13.9 Å². The van der Waals surface area contributed by atoms with Crippen molar-refractivity contribution in [2.24, 2.45) is 0 Å². The lowest BCUT2D eigenvalue weighted by Crippen LogP contribution is -2.30. The van der Waals surface area contributed by atoms with Crippen LogP contribution in [0, 0.1) is 12.7 Å². The molecule has 0 aliphatic carbocycles. The number of halogens is 1. The quantitative estimate of drug-likeness (QED) is 0.383. The number of hydrogen-bond acceptors (Lipinski definition) is 7. The van der Waals surface area contributed by atoms with E-state index in [0.717, 1.165) is 36.3 Å². The van der Waals surface area contributed by atoms with Gasteiger partial charge in [-0.15, -0.1) is 0 Å². The smallest absolute Gasteiger partial charge is 0.177 e. The molecule has 196 valence electrons. The van der Waals surface area contributed by atoms with Crippen molar-refractivity contribution in [3.05, 3.63) is 71.4 Å². The number of ketones is 1. The zero-order valence-electron chi connectivity index (χ0n) is 22.1. The van der Waals surface area contributed by atoms with Crippen LogP contribution in [0.25, 0.3) is 10.9 Å². The fraction of sp³-hybridized carbons (Fsp3) is 0.414. The normalized spacial score (nSPS) is 16.1. The van der Waals surface area contributed by atoms with Crippen molar-refractivity contribution in [2.45, 2.75) is 45.2 Å². The predicted octanol–water partition coefficient (Wildman–Crippen LogP) is 4.81. The largest absolute Gasteiger partial charge is 0.495 e. The average Bonchev–Trinajstić information content (AvgIpc) is 2.91. The maximum Gasteiger partial charge on any atom is 0.177 e. The number of methoxy groups -OCH3 is 1. The van der Waals surface area contributed by atoms with E-state index in [2.05, 4.69) is 25.5 Å². The van der Waals surface area contributed by atoms with E-state index in [1.165, 1.54) is 31.7 Å². The number of benzene rings is 2. The fourth-order valence-corrected chi connectivity index (χ4v) is 4.83. The Morgan fingerprint density at radius 3 is 2.68 bits per heavy atom. The van der Waals surface area contributed by atoms with Crippen LogP contribution in [-0.2, 0) is 4.79 Å². The summed E-state index contributed by atoms with van der Waals surface area (Å²) in [6, 6.07) is 8.10. The Morgan fingerprint density at radius 1 is 1.19 bits per heavy atom. The summed E-state index contributed by atoms with van der Waals surface area (Å²) in [7, 11) is 3.44. The minimum Gasteiger partial charge on any atom is -0.495 e. The fourth-order valence-electron chi connectivity index (χ4n) is 4.83. The summed E-state index contributed by atoms with van der Waals surface area (Å²) in [6.45, 7) is 6.58. The van der Waals surface area contributed by atoms with Gasteiger partial charge in [0.2, 0.25) is 0 Å². The number of nitrogens with zero attached hydrogens (tertiary/aromatic N) is 3. The van der Waals surface area contributed by atoms with Gasteiger partial charge in [0.1, 0.15) is 17.9 Å². The van der Waals surface area contributed by atoms with Gasteiger partial charge in [-0.25, -0.2) is 14.4 Å². The Bertz CT molecular complexity index is 1270. The SMILES string of the molecule is CNC(c1ccc(F)c(C)c1)c1ncnc2cc(OC)c(NC(C)C(=O)/C=C/CN3CCCCC3)cc12. The molecule has 37 heavy (non-hydrogen) atoms. The first-order valence-electron chi connectivity index (χ1n) is 12.9. The average molecular weight is 506 g/mol. The third kappa shape index (κ3) is 6.32. The molecule has 1 saturated heterocycles. The lowest BCUT2D eigenvalue weighted by atomic mass is 9.98. The number of nitrogens with one attached hydrogen (secondary N) is 2. The molecule has 2 atom stereocenters. The zero-order chi connectivity index (χ0) is 26.4. The predicted molar refractivity (Wildman–Crippen MR) is 146 cm³/mol. The van der Waals surface area contributed by atoms with Gasteiger partial charge in [-0.1, -0.05) is 24.6 Å². The number of carbonyl (C=O) groups excluding carboxylic acids is 1. The first-order chi connectivity index (χ1) is 17.9. The van der Waals surface area contributed by atoms with E-state index >= 15 is 0 Å². The van der Waals surface area contributed by atoms with Crippen molar-refractivity contribution in [1.82, 2.24) is 20.2 Å². The third-order valence-corrected chi connectivity index (χ3v) is 6.96. The van der Waals surface area contributed by atoms with Crippen molar-refractivity contribution in [1.29, 1.82) is 0 Å². The van der Waals surface area contributed by atoms with Gasteiger partial charge in [-0.05, 0) is 76.2 Å². The highest BCUT2D eigenvalue weighted by Gasteiger charge is 2.21. The summed E-state index contributed by atoms with van der Waals surface area (Å²) in [5.74, 6) is 0.345. The Morgan fingerprint density at radius 2 is 1.97 bits per heavy atom. The second-order valence-electron chi connectivity index (χ2n) is 9.59. The van der Waals surface area contributed by atoms with Crippen LogP contribution in [0.15, 0.2) is 48.8 Å². The molecule has 7 nitrogen and oxygen atoms in total. The molecule has 2 N–H and O–H groups in total. The van der Waals surface area contributed by atoms with Crippen LogP contribution in [0.5, 0.6) is 5.75 Å². The molecular formula is C29H36FN5O2. The second kappa shape index (κ2) is 12.3. The number of ether oxygens (including phenoxy) is 1. The lowest BCUT2D eigenvalue weighted by Gasteiger charge is -2.24. The molecule has 4 rings (SSSR count). The van der Waals surface area contributed by atoms with Crippen molar-refractivity contribution in [3.63, 3.8) is 0 Å². The molecule has 1 aliphatic heterocycles. The van der Waals surface area contributed by atoms with E-state index < -0.39 is 6.04 Å². The molecule has 2 heterocycles. The van der Waals surface area contributed by atoms with Crippen molar-refractivity contribution in [3.8, 4) is 5.75 Å². The summed E-state index contributed by atoms with van der Waals surface area (Å²) in [5.41, 5.74) is 3.62. The molecule has 0 saturated carbocycles. The summed E-state index contributed by atoms with van der Waals surface area (Å²) in [5, 5.41) is 7.43. The van der Waals surface area contributed by atoms with E-state index in [1.54, 1.807) is 26.2 Å². The number of carbonyl (C=O) groups is 1. The number of anilines is 1. The van der Waals surface area contributed by atoms with E-state index in [-0.39, 0.29) is 17.6 Å². The number of hydrogen-bond donors (Lipinski definition) is 2. The molecule has 0 bridgehead atoms. The van der Waals surface area contributed by atoms with E-state index in [4.69, 9.17) is 4.74 Å². The molecule has 0 spiro atoms. The Labute approximate surface area is 218 Å². The molecular weight excluding hydrogens is 469 g/mol. The highest BCUT2D eigenvalue weighted by Crippen LogP contribution is 2.34. The molecule has 1 aromatic heterocycles. The van der Waals surface area contributed by atoms with E-state index in [1.807, 2.05) is 38.2 Å². The zero-order valence-corrected chi connectivity index (χ0v) is 22.1. The van der Waals surface area contributed by atoms with Crippen LogP contribution in [0.1, 0.15) is 49.0 Å². The Balaban J connectivity index is 1.59. The Kier molecular flexibility index (Phi) is 8.84. The highest BCUT2D eigenvalue weighted by molar-refractivity contribution is 5.97. The van der Waals surface area contributed by atoms with Crippen LogP contribution in [0.3, 0.4) is 0 Å². The summed E-state index contributed by atoms with van der Waals surface area (Å²) < 4.78 is 19.5. The molecule has 2 aromatic carbocycles. The highest BCUT2D eigenvalue weighted by atomic mass is 19.1. The number of piperidine rings is 1. The topological polar surface area (TPSA) is 79.4 Å². The maximum atomic E-state index is 13.9. The van der Waals surface area contributed by atoms with Gasteiger partial charge >= 0.3 is 0 Å². The van der Waals surface area contributed by atoms with Crippen LogP contribution >= 0.6 is 0 Å². The molecule has 8 heteroatoms. The van der Waals surface area contributed by atoms with Gasteiger partial charge in [0.25, 0.3) is 0 Å². The standard InChI is InChI=1S/C29H36FN5O2/c1-19-15-21(10-11-23(19)30)28(31-3)29-22-16-25(27(37-4)17-24(22)32-18-33-29)34-20(2)26(36)9-8-14-35-12-6-5-7-13-35/h8-11,15-18,20,28,31,34H,5-7,12-14H2,1-4H3/b9-8+. The first-order valence-corrected chi connectivity index (χ1v) is 12.9. The summed E-state index contributed by atoms with van der Waals surface area (Å²) >= 11 is 0. The van der Waals surface area contributed by atoms with Crippen LogP contribution in [0.4, 0.5) is 10.1 Å². The van der Waals surface area contributed by atoms with E-state index in [0.29, 0.717) is 22.5 Å². The molecule has 1 fully saturated rings. The van der Waals surface area contributed by atoms with Gasteiger partial charge in [0, 0.05) is 18.0 Å². The van der Waals surface area contributed by atoms with E-state index in [9.17, 15) is 9.18 Å². The number of aryl methyl sites for hydroxylation is 1. The number of fused-ring (bicyclic) bond motifs is 1. The van der Waals surface area contributed by atoms with Gasteiger partial charge in [-0.3, -0.25) is 9.69 Å². The van der Waals surface area contributed by atoms with Crippen LogP contribution in [0.2, 0.25) is 0 Å². The van der Waals surface area contributed by atoms with Gasteiger partial charge in [0.15, 0.2) is 5.78 Å². The lowest BCUT2D eigenvalue weighted by molar-refractivity contribution is -0.115. The minimum atomic E-state index is -0.447. The number of likely N-dealkylation sites (tertiary alicyclic amines) is 1. The number of aromatic nitrogens is 2. The maximum absolute atomic E-state index is 13.9. The first kappa shape index (κ1) is 26.7. The molecule has 0 radical (unpaired) electrons. The Hall–Kier alpha value is -3.36. The van der Waals surface area contributed by atoms with Crippen LogP contribution in [-0.4, -0.2) is 60.5 Å². The second-order valence-corrected chi connectivity index (χ2v) is 9.59. The van der Waals surface area contributed by atoms with Crippen molar-refractivity contribution in [2.75, 3.05) is 39.1 Å². The van der Waals surface area contributed by atoms with Gasteiger partial charge in [-0.2, -0.15) is 0 Å². The molecule has 0 amide bonds. The number of rotatable bonds is 10. The molecule has 2 unspecified atom stereocenters. The molecule has 1 aliphatic rings.